The summed E-state index contributed by atoms with van der Waals surface area (Å²) in [6.07, 6.45) is 9.97. The van der Waals surface area contributed by atoms with Crippen LogP contribution in [0.5, 0.6) is 0 Å². The quantitative estimate of drug-likeness (QED) is 0.524. The molecular formula is C24H45NO. The maximum Gasteiger partial charge on any atom is 0.0500 e. The van der Waals surface area contributed by atoms with Crippen LogP contribution in [0.25, 0.3) is 0 Å². The van der Waals surface area contributed by atoms with E-state index in [2.05, 4.69) is 46.4 Å². The largest absolute Gasteiger partial charge is 0.381 e. The highest BCUT2D eigenvalue weighted by molar-refractivity contribution is 4.96. The number of likely N-dealkylation sites (tertiary alicyclic amines) is 1. The third-order valence-corrected chi connectivity index (χ3v) is 7.91. The molecule has 0 radical (unpaired) electrons. The van der Waals surface area contributed by atoms with Gasteiger partial charge in [0.25, 0.3) is 0 Å². The highest BCUT2D eigenvalue weighted by atomic mass is 16.5. The van der Waals surface area contributed by atoms with Crippen molar-refractivity contribution < 1.29 is 4.74 Å². The Bertz CT molecular complexity index is 443. The van der Waals surface area contributed by atoms with Gasteiger partial charge in [0.2, 0.25) is 0 Å². The zero-order valence-corrected chi connectivity index (χ0v) is 18.5. The summed E-state index contributed by atoms with van der Waals surface area (Å²) < 4.78 is 5.65. The van der Waals surface area contributed by atoms with Gasteiger partial charge in [0, 0.05) is 31.8 Å². The molecule has 3 aliphatic rings. The van der Waals surface area contributed by atoms with Gasteiger partial charge in [-0.1, -0.05) is 40.5 Å². The van der Waals surface area contributed by atoms with Crippen LogP contribution in [0, 0.1) is 35.0 Å². The SMILES string of the molecule is CC(C)CC1CCC(CC(C)(C)N2CC(CC(C)(C)C3CCOC3)C2)C1. The van der Waals surface area contributed by atoms with Crippen molar-refractivity contribution in [1.29, 1.82) is 0 Å². The second kappa shape index (κ2) is 8.11. The number of hydrogen-bond donors (Lipinski definition) is 0. The van der Waals surface area contributed by atoms with Crippen LogP contribution < -0.4 is 0 Å². The molecule has 0 bridgehead atoms. The highest BCUT2D eigenvalue weighted by Crippen LogP contribution is 2.44. The fourth-order valence-corrected chi connectivity index (χ4v) is 6.33. The molecule has 3 fully saturated rings. The smallest absolute Gasteiger partial charge is 0.0500 e. The van der Waals surface area contributed by atoms with Gasteiger partial charge in [-0.25, -0.2) is 0 Å². The first kappa shape index (κ1) is 20.6. The van der Waals surface area contributed by atoms with E-state index in [9.17, 15) is 0 Å². The zero-order chi connectivity index (χ0) is 18.9. The molecule has 152 valence electrons. The molecule has 0 aromatic heterocycles. The van der Waals surface area contributed by atoms with E-state index >= 15 is 0 Å². The Hall–Kier alpha value is -0.0800. The first-order chi connectivity index (χ1) is 12.2. The lowest BCUT2D eigenvalue weighted by atomic mass is 9.70. The molecule has 2 heterocycles. The Balaban J connectivity index is 1.41. The third kappa shape index (κ3) is 5.04. The molecule has 0 aromatic carbocycles. The molecule has 2 aliphatic heterocycles. The monoisotopic (exact) mass is 363 g/mol. The molecule has 0 spiro atoms. The van der Waals surface area contributed by atoms with E-state index in [-0.39, 0.29) is 0 Å². The number of nitrogens with zero attached hydrogens (tertiary/aromatic N) is 1. The van der Waals surface area contributed by atoms with Crippen LogP contribution >= 0.6 is 0 Å². The molecule has 0 N–H and O–H groups in total. The van der Waals surface area contributed by atoms with Crippen molar-refractivity contribution in [3.63, 3.8) is 0 Å². The van der Waals surface area contributed by atoms with E-state index in [1.54, 1.807) is 0 Å². The molecule has 2 saturated heterocycles. The van der Waals surface area contributed by atoms with Crippen LogP contribution in [0.4, 0.5) is 0 Å². The summed E-state index contributed by atoms with van der Waals surface area (Å²) in [4.78, 5) is 2.79. The van der Waals surface area contributed by atoms with Crippen molar-refractivity contribution in [2.24, 2.45) is 35.0 Å². The fourth-order valence-electron chi connectivity index (χ4n) is 6.33. The minimum Gasteiger partial charge on any atom is -0.381 e. The van der Waals surface area contributed by atoms with Gasteiger partial charge in [-0.3, -0.25) is 4.90 Å². The summed E-state index contributed by atoms with van der Waals surface area (Å²) in [5.74, 6) is 4.54. The summed E-state index contributed by atoms with van der Waals surface area (Å²) in [6, 6.07) is 0. The van der Waals surface area contributed by atoms with Gasteiger partial charge < -0.3 is 4.74 Å². The summed E-state index contributed by atoms with van der Waals surface area (Å²) in [5, 5.41) is 0. The van der Waals surface area contributed by atoms with E-state index in [4.69, 9.17) is 4.74 Å². The van der Waals surface area contributed by atoms with Gasteiger partial charge in [0.15, 0.2) is 0 Å². The van der Waals surface area contributed by atoms with Crippen molar-refractivity contribution in [3.8, 4) is 0 Å². The Morgan fingerprint density at radius 2 is 1.62 bits per heavy atom. The Kier molecular flexibility index (Phi) is 6.44. The lowest BCUT2D eigenvalue weighted by Crippen LogP contribution is -2.58. The topological polar surface area (TPSA) is 12.5 Å². The van der Waals surface area contributed by atoms with Gasteiger partial charge in [-0.15, -0.1) is 0 Å². The van der Waals surface area contributed by atoms with Crippen molar-refractivity contribution in [1.82, 2.24) is 4.90 Å². The number of rotatable bonds is 8. The minimum absolute atomic E-state index is 0.397. The molecule has 1 aliphatic carbocycles. The normalized spacial score (nSPS) is 31.7. The number of hydrogen-bond acceptors (Lipinski definition) is 2. The predicted molar refractivity (Wildman–Crippen MR) is 111 cm³/mol. The highest BCUT2D eigenvalue weighted by Gasteiger charge is 2.43. The van der Waals surface area contributed by atoms with Gasteiger partial charge in [0.05, 0.1) is 0 Å². The Morgan fingerprint density at radius 3 is 2.23 bits per heavy atom. The van der Waals surface area contributed by atoms with Gasteiger partial charge in [-0.2, -0.15) is 0 Å². The Morgan fingerprint density at radius 1 is 0.923 bits per heavy atom. The van der Waals surface area contributed by atoms with E-state index in [1.165, 1.54) is 58.0 Å². The van der Waals surface area contributed by atoms with Crippen LogP contribution in [0.3, 0.4) is 0 Å². The zero-order valence-electron chi connectivity index (χ0n) is 18.5. The summed E-state index contributed by atoms with van der Waals surface area (Å²) in [5.41, 5.74) is 0.849. The van der Waals surface area contributed by atoms with E-state index in [1.807, 2.05) is 0 Å². The van der Waals surface area contributed by atoms with Crippen LogP contribution in [-0.4, -0.2) is 36.7 Å². The van der Waals surface area contributed by atoms with Gasteiger partial charge >= 0.3 is 0 Å². The average molecular weight is 364 g/mol. The molecule has 1 saturated carbocycles. The first-order valence-corrected chi connectivity index (χ1v) is 11.5. The molecule has 3 unspecified atom stereocenters. The van der Waals surface area contributed by atoms with Crippen LogP contribution in [0.15, 0.2) is 0 Å². The maximum atomic E-state index is 5.65. The molecule has 0 amide bonds. The molecule has 2 heteroatoms. The molecule has 3 rings (SSSR count). The van der Waals surface area contributed by atoms with Crippen molar-refractivity contribution >= 4 is 0 Å². The molecule has 0 aromatic rings. The first-order valence-electron chi connectivity index (χ1n) is 11.5. The van der Waals surface area contributed by atoms with Crippen LogP contribution in [0.2, 0.25) is 0 Å². The molecule has 26 heavy (non-hydrogen) atoms. The van der Waals surface area contributed by atoms with Crippen molar-refractivity contribution in [3.05, 3.63) is 0 Å². The number of ether oxygens (including phenoxy) is 1. The standard InChI is InChI=1S/C24H45NO/c1-18(2)11-19-7-8-20(12-19)14-24(5,6)25-15-21(16-25)13-23(3,4)22-9-10-26-17-22/h18-22H,7-17H2,1-6H3. The Labute approximate surface area is 163 Å². The van der Waals surface area contributed by atoms with Crippen LogP contribution in [0.1, 0.15) is 86.5 Å². The third-order valence-electron chi connectivity index (χ3n) is 7.91. The van der Waals surface area contributed by atoms with E-state index < -0.39 is 0 Å². The van der Waals surface area contributed by atoms with Crippen LogP contribution in [-0.2, 0) is 4.74 Å². The molecular weight excluding hydrogens is 318 g/mol. The molecule has 2 nitrogen and oxygen atoms in total. The van der Waals surface area contributed by atoms with Crippen molar-refractivity contribution in [2.75, 3.05) is 26.3 Å². The van der Waals surface area contributed by atoms with Crippen molar-refractivity contribution in [2.45, 2.75) is 92.0 Å². The molecule has 3 atom stereocenters. The summed E-state index contributed by atoms with van der Waals surface area (Å²) in [7, 11) is 0. The predicted octanol–water partition coefficient (Wildman–Crippen LogP) is 6.00. The maximum absolute atomic E-state index is 5.65. The lowest BCUT2D eigenvalue weighted by Gasteiger charge is -2.52. The minimum atomic E-state index is 0.397. The summed E-state index contributed by atoms with van der Waals surface area (Å²) >= 11 is 0. The second-order valence-electron chi connectivity index (χ2n) is 11.7. The van der Waals surface area contributed by atoms with Gasteiger partial charge in [-0.05, 0) is 81.0 Å². The average Bonchev–Trinajstić information content (AvgIpc) is 3.13. The summed E-state index contributed by atoms with van der Waals surface area (Å²) in [6.45, 7) is 19.4. The van der Waals surface area contributed by atoms with Gasteiger partial charge in [0.1, 0.15) is 0 Å². The second-order valence-corrected chi connectivity index (χ2v) is 11.7. The van der Waals surface area contributed by atoms with E-state index in [0.29, 0.717) is 11.0 Å². The fraction of sp³-hybridized carbons (Fsp3) is 1.00. The van der Waals surface area contributed by atoms with E-state index in [0.717, 1.165) is 42.8 Å². The lowest BCUT2D eigenvalue weighted by molar-refractivity contribution is -0.0320.